The molecule has 21 heavy (non-hydrogen) atoms. The molecule has 0 spiro atoms. The van der Waals surface area contributed by atoms with Gasteiger partial charge in [0.2, 0.25) is 10.0 Å². The molecule has 1 aromatic heterocycles. The van der Waals surface area contributed by atoms with Crippen LogP contribution in [0.25, 0.3) is 10.9 Å². The topological polar surface area (TPSA) is 74.0 Å². The number of hydrogen-bond donors (Lipinski definition) is 3. The first kappa shape index (κ1) is 16.0. The van der Waals surface area contributed by atoms with Gasteiger partial charge in [0, 0.05) is 30.3 Å². The standard InChI is InChI=1S/C15H23N3O2S/c1-3-8-21(19,20)17-10-12(2)16-11-14-9-13-6-4-5-7-15(13)18-14/h4-7,9,12,16-18H,3,8,10-11H2,1-2H3. The second-order valence-electron chi connectivity index (χ2n) is 5.33. The quantitative estimate of drug-likeness (QED) is 0.698. The van der Waals surface area contributed by atoms with E-state index < -0.39 is 10.0 Å². The summed E-state index contributed by atoms with van der Waals surface area (Å²) in [4.78, 5) is 3.34. The largest absolute Gasteiger partial charge is 0.357 e. The molecular formula is C15H23N3O2S. The maximum atomic E-state index is 11.6. The molecule has 5 nitrogen and oxygen atoms in total. The average Bonchev–Trinajstić information content (AvgIpc) is 2.86. The molecule has 0 bridgehead atoms. The molecule has 1 heterocycles. The normalized spacial score (nSPS) is 13.6. The monoisotopic (exact) mass is 309 g/mol. The lowest BCUT2D eigenvalue weighted by molar-refractivity contribution is 0.521. The highest BCUT2D eigenvalue weighted by molar-refractivity contribution is 7.89. The molecule has 0 aliphatic rings. The zero-order valence-corrected chi connectivity index (χ0v) is 13.3. The third kappa shape index (κ3) is 4.84. The van der Waals surface area contributed by atoms with Crippen LogP contribution >= 0.6 is 0 Å². The van der Waals surface area contributed by atoms with E-state index in [1.807, 2.05) is 32.0 Å². The second-order valence-corrected chi connectivity index (χ2v) is 7.26. The SMILES string of the molecule is CCCS(=O)(=O)NCC(C)NCc1cc2ccccc2[nH]1. The van der Waals surface area contributed by atoms with Crippen LogP contribution in [0.15, 0.2) is 30.3 Å². The van der Waals surface area contributed by atoms with Crippen molar-refractivity contribution in [3.8, 4) is 0 Å². The average molecular weight is 309 g/mol. The molecule has 1 aromatic carbocycles. The highest BCUT2D eigenvalue weighted by Crippen LogP contribution is 2.14. The Morgan fingerprint density at radius 3 is 2.76 bits per heavy atom. The molecule has 116 valence electrons. The van der Waals surface area contributed by atoms with Gasteiger partial charge in [0.15, 0.2) is 0 Å². The number of rotatable bonds is 8. The highest BCUT2D eigenvalue weighted by atomic mass is 32.2. The number of para-hydroxylation sites is 1. The van der Waals surface area contributed by atoms with Crippen molar-refractivity contribution in [3.05, 3.63) is 36.0 Å². The third-order valence-electron chi connectivity index (χ3n) is 3.31. The number of aromatic amines is 1. The van der Waals surface area contributed by atoms with Crippen molar-refractivity contribution in [1.29, 1.82) is 0 Å². The fourth-order valence-corrected chi connectivity index (χ4v) is 3.36. The first-order chi connectivity index (χ1) is 10.00. The Kier molecular flexibility index (Phi) is 5.39. The summed E-state index contributed by atoms with van der Waals surface area (Å²) in [5.41, 5.74) is 2.21. The minimum absolute atomic E-state index is 0.0723. The van der Waals surface area contributed by atoms with Gasteiger partial charge in [-0.05, 0) is 30.9 Å². The summed E-state index contributed by atoms with van der Waals surface area (Å²) >= 11 is 0. The van der Waals surface area contributed by atoms with E-state index in [0.717, 1.165) is 11.2 Å². The van der Waals surface area contributed by atoms with Crippen LogP contribution in [0.4, 0.5) is 0 Å². The van der Waals surface area contributed by atoms with Gasteiger partial charge in [0.25, 0.3) is 0 Å². The number of hydrogen-bond acceptors (Lipinski definition) is 3. The predicted octanol–water partition coefficient (Wildman–Crippen LogP) is 1.98. The Bertz CT molecular complexity index is 646. The smallest absolute Gasteiger partial charge is 0.211 e. The maximum absolute atomic E-state index is 11.6. The number of aromatic nitrogens is 1. The molecule has 0 aliphatic heterocycles. The van der Waals surface area contributed by atoms with Crippen LogP contribution in [0, 0.1) is 0 Å². The molecule has 2 rings (SSSR count). The van der Waals surface area contributed by atoms with Crippen LogP contribution in [0.5, 0.6) is 0 Å². The Hall–Kier alpha value is -1.37. The lowest BCUT2D eigenvalue weighted by atomic mass is 10.2. The van der Waals surface area contributed by atoms with Gasteiger partial charge >= 0.3 is 0 Å². The summed E-state index contributed by atoms with van der Waals surface area (Å²) in [7, 11) is -3.13. The van der Waals surface area contributed by atoms with E-state index in [0.29, 0.717) is 19.5 Å². The molecule has 0 radical (unpaired) electrons. The zero-order chi connectivity index (χ0) is 15.3. The van der Waals surface area contributed by atoms with E-state index in [1.54, 1.807) is 0 Å². The molecule has 0 aliphatic carbocycles. The molecule has 2 aromatic rings. The van der Waals surface area contributed by atoms with Gasteiger partial charge in [-0.1, -0.05) is 25.1 Å². The Labute approximate surface area is 126 Å². The Morgan fingerprint density at radius 1 is 1.29 bits per heavy atom. The van der Waals surface area contributed by atoms with Crippen LogP contribution in [0.3, 0.4) is 0 Å². The fourth-order valence-electron chi connectivity index (χ4n) is 2.18. The lowest BCUT2D eigenvalue weighted by Crippen LogP contribution is -2.39. The van der Waals surface area contributed by atoms with Crippen LogP contribution in [-0.2, 0) is 16.6 Å². The van der Waals surface area contributed by atoms with Crippen molar-refractivity contribution >= 4 is 20.9 Å². The summed E-state index contributed by atoms with van der Waals surface area (Å²) in [5, 5.41) is 4.50. The van der Waals surface area contributed by atoms with Gasteiger partial charge in [-0.2, -0.15) is 0 Å². The summed E-state index contributed by atoms with van der Waals surface area (Å²) < 4.78 is 25.8. The van der Waals surface area contributed by atoms with E-state index in [1.165, 1.54) is 5.39 Å². The molecule has 0 saturated heterocycles. The molecule has 1 unspecified atom stereocenters. The van der Waals surface area contributed by atoms with Crippen LogP contribution < -0.4 is 10.0 Å². The third-order valence-corrected chi connectivity index (χ3v) is 4.86. The first-order valence-corrected chi connectivity index (χ1v) is 8.93. The van der Waals surface area contributed by atoms with E-state index in [2.05, 4.69) is 27.2 Å². The van der Waals surface area contributed by atoms with Crippen molar-refractivity contribution in [3.63, 3.8) is 0 Å². The summed E-state index contributed by atoms with van der Waals surface area (Å²) in [6.45, 7) is 4.92. The summed E-state index contributed by atoms with van der Waals surface area (Å²) in [5.74, 6) is 0.182. The fraction of sp³-hybridized carbons (Fsp3) is 0.467. The van der Waals surface area contributed by atoms with E-state index in [9.17, 15) is 8.42 Å². The van der Waals surface area contributed by atoms with E-state index in [-0.39, 0.29) is 11.8 Å². The summed E-state index contributed by atoms with van der Waals surface area (Å²) in [6, 6.07) is 10.3. The predicted molar refractivity (Wildman–Crippen MR) is 86.7 cm³/mol. The Morgan fingerprint density at radius 2 is 2.05 bits per heavy atom. The minimum Gasteiger partial charge on any atom is -0.357 e. The van der Waals surface area contributed by atoms with Crippen molar-refractivity contribution < 1.29 is 8.42 Å². The van der Waals surface area contributed by atoms with Crippen molar-refractivity contribution in [2.45, 2.75) is 32.9 Å². The van der Waals surface area contributed by atoms with Gasteiger partial charge in [0.05, 0.1) is 5.75 Å². The molecule has 6 heteroatoms. The van der Waals surface area contributed by atoms with Crippen LogP contribution in [0.1, 0.15) is 26.0 Å². The number of sulfonamides is 1. The second kappa shape index (κ2) is 7.06. The van der Waals surface area contributed by atoms with Crippen molar-refractivity contribution in [1.82, 2.24) is 15.0 Å². The van der Waals surface area contributed by atoms with E-state index in [4.69, 9.17) is 0 Å². The lowest BCUT2D eigenvalue weighted by Gasteiger charge is -2.14. The van der Waals surface area contributed by atoms with Crippen molar-refractivity contribution in [2.24, 2.45) is 0 Å². The van der Waals surface area contributed by atoms with Gasteiger partial charge in [0.1, 0.15) is 0 Å². The molecule has 3 N–H and O–H groups in total. The summed E-state index contributed by atoms with van der Waals surface area (Å²) in [6.07, 6.45) is 0.631. The molecule has 0 fully saturated rings. The van der Waals surface area contributed by atoms with E-state index >= 15 is 0 Å². The number of benzene rings is 1. The molecule has 0 amide bonds. The number of H-pyrrole nitrogens is 1. The Balaban J connectivity index is 1.82. The van der Waals surface area contributed by atoms with Gasteiger partial charge in [-0.3, -0.25) is 0 Å². The maximum Gasteiger partial charge on any atom is 0.211 e. The number of fused-ring (bicyclic) bond motifs is 1. The van der Waals surface area contributed by atoms with Gasteiger partial charge in [-0.15, -0.1) is 0 Å². The minimum atomic E-state index is -3.13. The molecule has 1 atom stereocenters. The zero-order valence-electron chi connectivity index (χ0n) is 12.5. The van der Waals surface area contributed by atoms with Gasteiger partial charge < -0.3 is 10.3 Å². The van der Waals surface area contributed by atoms with Crippen LogP contribution in [0.2, 0.25) is 0 Å². The number of nitrogens with one attached hydrogen (secondary N) is 3. The van der Waals surface area contributed by atoms with Gasteiger partial charge in [-0.25, -0.2) is 13.1 Å². The molecular weight excluding hydrogens is 286 g/mol. The van der Waals surface area contributed by atoms with Crippen molar-refractivity contribution in [2.75, 3.05) is 12.3 Å². The van der Waals surface area contributed by atoms with Crippen LogP contribution in [-0.4, -0.2) is 31.7 Å². The molecule has 0 saturated carbocycles. The first-order valence-electron chi connectivity index (χ1n) is 7.27. The highest BCUT2D eigenvalue weighted by Gasteiger charge is 2.10.